The van der Waals surface area contributed by atoms with Crippen LogP contribution in [0, 0.1) is 5.92 Å². The van der Waals surface area contributed by atoms with Crippen molar-refractivity contribution in [1.82, 2.24) is 9.80 Å². The first-order valence-corrected chi connectivity index (χ1v) is 10.3. The van der Waals surface area contributed by atoms with Crippen LogP contribution in [0.25, 0.3) is 22.1 Å². The summed E-state index contributed by atoms with van der Waals surface area (Å²) in [6, 6.07) is 10.7. The van der Waals surface area contributed by atoms with Crippen LogP contribution in [0.15, 0.2) is 45.5 Å². The molecule has 1 amide bonds. The zero-order valence-corrected chi connectivity index (χ0v) is 15.5. The van der Waals surface area contributed by atoms with Gasteiger partial charge < -0.3 is 9.32 Å². The number of nitrogens with zero attached hydrogens (tertiary/aromatic N) is 2. The average Bonchev–Trinajstić information content (AvgIpc) is 3.21. The van der Waals surface area contributed by atoms with E-state index in [1.807, 2.05) is 4.90 Å². The average molecular weight is 366 g/mol. The van der Waals surface area contributed by atoms with Crippen molar-refractivity contribution in [3.63, 3.8) is 0 Å². The van der Waals surface area contributed by atoms with Crippen LogP contribution in [0.5, 0.6) is 0 Å². The number of rotatable bonds is 4. The molecular weight excluding hydrogens is 344 g/mol. The van der Waals surface area contributed by atoms with E-state index >= 15 is 0 Å². The van der Waals surface area contributed by atoms with Gasteiger partial charge in [-0.05, 0) is 59.0 Å². The third-order valence-corrected chi connectivity index (χ3v) is 6.10. The number of hydrogen-bond donors (Lipinski definition) is 0. The lowest BCUT2D eigenvalue weighted by molar-refractivity contribution is -0.134. The van der Waals surface area contributed by atoms with Gasteiger partial charge in [-0.15, -0.1) is 0 Å². The van der Waals surface area contributed by atoms with Gasteiger partial charge in [0.15, 0.2) is 0 Å². The molecule has 2 fully saturated rings. The molecule has 0 N–H and O–H groups in total. The number of thiophene rings is 1. The Morgan fingerprint density at radius 3 is 2.65 bits per heavy atom. The lowest BCUT2D eigenvalue weighted by Gasteiger charge is -2.34. The maximum atomic E-state index is 12.2. The Morgan fingerprint density at radius 2 is 1.92 bits per heavy atom. The van der Waals surface area contributed by atoms with E-state index < -0.39 is 0 Å². The van der Waals surface area contributed by atoms with Crippen molar-refractivity contribution in [3.05, 3.63) is 46.9 Å². The summed E-state index contributed by atoms with van der Waals surface area (Å²) in [5, 5.41) is 5.43. The van der Waals surface area contributed by atoms with Crippen molar-refractivity contribution in [2.75, 3.05) is 26.2 Å². The molecule has 3 aromatic rings. The predicted octanol–water partition coefficient (Wildman–Crippen LogP) is 4.22. The van der Waals surface area contributed by atoms with Gasteiger partial charge in [0, 0.05) is 37.5 Å². The number of piperazine rings is 1. The molecular formula is C21H22N2O2S. The van der Waals surface area contributed by atoms with E-state index in [-0.39, 0.29) is 0 Å². The van der Waals surface area contributed by atoms with E-state index in [0.717, 1.165) is 62.3 Å². The molecule has 134 valence electrons. The minimum absolute atomic E-state index is 0.328. The number of hydrogen-bond acceptors (Lipinski definition) is 4. The van der Waals surface area contributed by atoms with Gasteiger partial charge in [-0.25, -0.2) is 0 Å². The fourth-order valence-corrected chi connectivity index (χ4v) is 4.38. The second-order valence-electron chi connectivity index (χ2n) is 7.35. The summed E-state index contributed by atoms with van der Waals surface area (Å²) in [6.07, 6.45) is 2.18. The molecule has 1 saturated carbocycles. The molecule has 0 unspecified atom stereocenters. The molecule has 1 aliphatic carbocycles. The van der Waals surface area contributed by atoms with E-state index in [2.05, 4.69) is 46.0 Å². The molecule has 5 rings (SSSR count). The number of benzene rings is 1. The molecule has 1 saturated heterocycles. The van der Waals surface area contributed by atoms with Crippen LogP contribution >= 0.6 is 11.3 Å². The smallest absolute Gasteiger partial charge is 0.225 e. The number of carbonyl (C=O) groups excluding carboxylic acids is 1. The number of carbonyl (C=O) groups is 1. The first kappa shape index (κ1) is 16.1. The second kappa shape index (κ2) is 6.56. The van der Waals surface area contributed by atoms with Crippen LogP contribution < -0.4 is 0 Å². The zero-order valence-electron chi connectivity index (χ0n) is 14.7. The Kier molecular flexibility index (Phi) is 4.06. The van der Waals surface area contributed by atoms with E-state index in [1.54, 1.807) is 11.3 Å². The van der Waals surface area contributed by atoms with Crippen molar-refractivity contribution in [2.24, 2.45) is 5.92 Å². The van der Waals surface area contributed by atoms with Gasteiger partial charge in [-0.3, -0.25) is 9.69 Å². The monoisotopic (exact) mass is 366 g/mol. The van der Waals surface area contributed by atoms with Crippen molar-refractivity contribution < 1.29 is 9.21 Å². The van der Waals surface area contributed by atoms with Crippen LogP contribution in [-0.4, -0.2) is 41.9 Å². The molecule has 1 aliphatic heterocycles. The molecule has 2 aliphatic rings. The zero-order chi connectivity index (χ0) is 17.5. The van der Waals surface area contributed by atoms with Crippen LogP contribution in [0.4, 0.5) is 0 Å². The van der Waals surface area contributed by atoms with Gasteiger partial charge in [0.05, 0.1) is 6.54 Å². The van der Waals surface area contributed by atoms with E-state index in [1.165, 1.54) is 11.1 Å². The molecule has 5 heteroatoms. The topological polar surface area (TPSA) is 36.7 Å². The molecule has 1 aromatic carbocycles. The highest BCUT2D eigenvalue weighted by atomic mass is 32.1. The second-order valence-corrected chi connectivity index (χ2v) is 8.13. The van der Waals surface area contributed by atoms with Gasteiger partial charge in [0.2, 0.25) is 5.91 Å². The summed E-state index contributed by atoms with van der Waals surface area (Å²) >= 11 is 1.72. The highest BCUT2D eigenvalue weighted by Crippen LogP contribution is 2.31. The van der Waals surface area contributed by atoms with E-state index in [0.29, 0.717) is 11.8 Å². The first-order chi connectivity index (χ1) is 12.8. The van der Waals surface area contributed by atoms with Gasteiger partial charge in [-0.1, -0.05) is 6.07 Å². The summed E-state index contributed by atoms with van der Waals surface area (Å²) in [7, 11) is 0. The van der Waals surface area contributed by atoms with Gasteiger partial charge in [-0.2, -0.15) is 11.3 Å². The molecule has 0 radical (unpaired) electrons. The first-order valence-electron chi connectivity index (χ1n) is 9.32. The lowest BCUT2D eigenvalue weighted by Crippen LogP contribution is -2.48. The van der Waals surface area contributed by atoms with Gasteiger partial charge in [0.1, 0.15) is 11.3 Å². The summed E-state index contributed by atoms with van der Waals surface area (Å²) in [6.45, 7) is 4.36. The Hall–Kier alpha value is -2.11. The highest BCUT2D eigenvalue weighted by molar-refractivity contribution is 7.08. The number of furan rings is 1. The van der Waals surface area contributed by atoms with Crippen molar-refractivity contribution in [1.29, 1.82) is 0 Å². The molecule has 3 heterocycles. The van der Waals surface area contributed by atoms with Gasteiger partial charge in [0.25, 0.3) is 0 Å². The largest absolute Gasteiger partial charge is 0.460 e. The molecule has 0 bridgehead atoms. The fraction of sp³-hybridized carbons (Fsp3) is 0.381. The van der Waals surface area contributed by atoms with Crippen LogP contribution in [0.2, 0.25) is 0 Å². The lowest BCUT2D eigenvalue weighted by atomic mass is 10.1. The van der Waals surface area contributed by atoms with Gasteiger partial charge >= 0.3 is 0 Å². The quantitative estimate of drug-likeness (QED) is 0.694. The van der Waals surface area contributed by atoms with Crippen molar-refractivity contribution in [3.8, 4) is 11.1 Å². The summed E-state index contributed by atoms with van der Waals surface area (Å²) in [5.41, 5.74) is 3.44. The van der Waals surface area contributed by atoms with Crippen LogP contribution in [-0.2, 0) is 11.3 Å². The standard InChI is InChI=1S/C21H22N2O2S/c24-21(15-1-2-15)23-8-6-22(7-9-23)13-19-12-18-11-16(3-4-20(18)25-19)17-5-10-26-14-17/h3-5,10-12,14-15H,1-2,6-9,13H2. The summed E-state index contributed by atoms with van der Waals surface area (Å²) in [5.74, 6) is 1.70. The molecule has 4 nitrogen and oxygen atoms in total. The number of amides is 1. The Morgan fingerprint density at radius 1 is 1.08 bits per heavy atom. The summed E-state index contributed by atoms with van der Waals surface area (Å²) < 4.78 is 6.05. The van der Waals surface area contributed by atoms with Crippen LogP contribution in [0.3, 0.4) is 0 Å². The van der Waals surface area contributed by atoms with Crippen LogP contribution in [0.1, 0.15) is 18.6 Å². The maximum absolute atomic E-state index is 12.2. The molecule has 0 spiro atoms. The van der Waals surface area contributed by atoms with Crippen molar-refractivity contribution >= 4 is 28.2 Å². The normalized spacial score (nSPS) is 18.5. The summed E-state index contributed by atoms with van der Waals surface area (Å²) in [4.78, 5) is 16.6. The predicted molar refractivity (Wildman–Crippen MR) is 104 cm³/mol. The third kappa shape index (κ3) is 3.17. The molecule has 0 atom stereocenters. The Balaban J connectivity index is 1.26. The van der Waals surface area contributed by atoms with E-state index in [4.69, 9.17) is 4.42 Å². The minimum Gasteiger partial charge on any atom is -0.460 e. The molecule has 2 aromatic heterocycles. The van der Waals surface area contributed by atoms with E-state index in [9.17, 15) is 4.79 Å². The third-order valence-electron chi connectivity index (χ3n) is 5.41. The number of fused-ring (bicyclic) bond motifs is 1. The fourth-order valence-electron chi connectivity index (χ4n) is 3.72. The Labute approximate surface area is 157 Å². The molecule has 26 heavy (non-hydrogen) atoms. The maximum Gasteiger partial charge on any atom is 0.225 e. The Bertz CT molecular complexity index is 919. The minimum atomic E-state index is 0.328. The van der Waals surface area contributed by atoms with Crippen molar-refractivity contribution in [2.45, 2.75) is 19.4 Å². The highest BCUT2D eigenvalue weighted by Gasteiger charge is 2.34. The SMILES string of the molecule is O=C(C1CC1)N1CCN(Cc2cc3cc(-c4ccsc4)ccc3o2)CC1.